The number of benzene rings is 1. The number of carboxylic acid groups (broad SMARTS) is 1. The number of para-hydroxylation sites is 1. The number of nitrogens with zero attached hydrogens (tertiary/aromatic N) is 2. The van der Waals surface area contributed by atoms with Gasteiger partial charge in [0.15, 0.2) is 5.16 Å². The summed E-state index contributed by atoms with van der Waals surface area (Å²) in [5.41, 5.74) is 1.69. The van der Waals surface area contributed by atoms with Gasteiger partial charge in [0.1, 0.15) is 4.83 Å². The lowest BCUT2D eigenvalue weighted by Crippen LogP contribution is -2.26. The molecule has 0 radical (unpaired) electrons. The van der Waals surface area contributed by atoms with Crippen molar-refractivity contribution >= 4 is 39.3 Å². The summed E-state index contributed by atoms with van der Waals surface area (Å²) in [5.74, 6) is -1.42. The van der Waals surface area contributed by atoms with E-state index in [0.29, 0.717) is 21.1 Å². The number of thiophene rings is 1. The van der Waals surface area contributed by atoms with Crippen molar-refractivity contribution in [2.24, 2.45) is 0 Å². The van der Waals surface area contributed by atoms with E-state index in [2.05, 4.69) is 4.98 Å². The van der Waals surface area contributed by atoms with Crippen LogP contribution in [-0.2, 0) is 17.6 Å². The van der Waals surface area contributed by atoms with E-state index in [1.54, 1.807) is 11.3 Å². The molecule has 0 N–H and O–H groups in total. The van der Waals surface area contributed by atoms with Gasteiger partial charge in [-0.1, -0.05) is 30.0 Å². The predicted molar refractivity (Wildman–Crippen MR) is 93.0 cm³/mol. The fourth-order valence-corrected chi connectivity index (χ4v) is 5.08. The van der Waals surface area contributed by atoms with Gasteiger partial charge in [-0.2, -0.15) is 0 Å². The molecule has 0 bridgehead atoms. The lowest BCUT2D eigenvalue weighted by atomic mass is 10.2. The summed E-state index contributed by atoms with van der Waals surface area (Å²) < 4.78 is 1.52. The molecule has 5 nitrogen and oxygen atoms in total. The summed E-state index contributed by atoms with van der Waals surface area (Å²) >= 11 is 2.57. The average Bonchev–Trinajstić information content (AvgIpc) is 3.14. The second kappa shape index (κ2) is 6.07. The van der Waals surface area contributed by atoms with Crippen molar-refractivity contribution in [3.63, 3.8) is 0 Å². The van der Waals surface area contributed by atoms with Crippen LogP contribution in [0.25, 0.3) is 15.9 Å². The SMILES string of the molecule is O=C([O-])CSc1nc2sc3c(c2c(=O)n1-c1ccccc1)CCC3. The molecule has 1 aliphatic carbocycles. The maximum absolute atomic E-state index is 13.2. The van der Waals surface area contributed by atoms with E-state index in [4.69, 9.17) is 0 Å². The molecule has 122 valence electrons. The number of carboxylic acids is 1. The van der Waals surface area contributed by atoms with Crippen molar-refractivity contribution in [3.05, 3.63) is 51.1 Å². The molecule has 24 heavy (non-hydrogen) atoms. The highest BCUT2D eigenvalue weighted by atomic mass is 32.2. The molecule has 0 saturated heterocycles. The third-order valence-corrected chi connectivity index (χ3v) is 6.14. The third-order valence-electron chi connectivity index (χ3n) is 4.04. The Balaban J connectivity index is 1.98. The van der Waals surface area contributed by atoms with Crippen LogP contribution in [0.2, 0.25) is 0 Å². The summed E-state index contributed by atoms with van der Waals surface area (Å²) in [6.07, 6.45) is 2.97. The zero-order chi connectivity index (χ0) is 16.7. The molecule has 3 aromatic rings. The number of hydrogen-bond donors (Lipinski definition) is 0. The minimum Gasteiger partial charge on any atom is -0.549 e. The Morgan fingerprint density at radius 3 is 2.83 bits per heavy atom. The van der Waals surface area contributed by atoms with E-state index in [1.807, 2.05) is 30.3 Å². The Morgan fingerprint density at radius 1 is 1.29 bits per heavy atom. The Hall–Kier alpha value is -2.12. The zero-order valence-corrected chi connectivity index (χ0v) is 14.3. The minimum atomic E-state index is -1.18. The Kier molecular flexibility index (Phi) is 3.90. The number of carbonyl (C=O) groups is 1. The molecule has 0 aliphatic heterocycles. The van der Waals surface area contributed by atoms with Gasteiger partial charge in [-0.3, -0.25) is 9.36 Å². The molecule has 4 rings (SSSR count). The van der Waals surface area contributed by atoms with Crippen molar-refractivity contribution in [2.75, 3.05) is 5.75 Å². The normalized spacial score (nSPS) is 13.3. The number of rotatable bonds is 4. The van der Waals surface area contributed by atoms with Gasteiger partial charge in [0, 0.05) is 10.6 Å². The number of carbonyl (C=O) groups excluding carboxylic acids is 1. The largest absolute Gasteiger partial charge is 0.549 e. The van der Waals surface area contributed by atoms with Crippen LogP contribution in [0.4, 0.5) is 0 Å². The number of aliphatic carboxylic acids is 1. The van der Waals surface area contributed by atoms with E-state index < -0.39 is 5.97 Å². The van der Waals surface area contributed by atoms with Crippen molar-refractivity contribution in [1.29, 1.82) is 0 Å². The Morgan fingerprint density at radius 2 is 2.08 bits per heavy atom. The molecule has 0 spiro atoms. The molecule has 1 aliphatic rings. The molecule has 0 unspecified atom stereocenters. The molecule has 0 fully saturated rings. The van der Waals surface area contributed by atoms with Crippen molar-refractivity contribution < 1.29 is 9.90 Å². The quantitative estimate of drug-likeness (QED) is 0.525. The number of aromatic nitrogens is 2. The first-order valence-electron chi connectivity index (χ1n) is 7.60. The van der Waals surface area contributed by atoms with E-state index >= 15 is 0 Å². The van der Waals surface area contributed by atoms with Crippen LogP contribution in [0.15, 0.2) is 40.3 Å². The predicted octanol–water partition coefficient (Wildman–Crippen LogP) is 1.78. The van der Waals surface area contributed by atoms with Crippen molar-refractivity contribution in [3.8, 4) is 5.69 Å². The number of aryl methyl sites for hydroxylation is 2. The molecule has 0 saturated carbocycles. The first-order chi connectivity index (χ1) is 11.6. The molecule has 1 aromatic carbocycles. The van der Waals surface area contributed by atoms with E-state index in [1.165, 1.54) is 9.44 Å². The van der Waals surface area contributed by atoms with Crippen LogP contribution in [0.5, 0.6) is 0 Å². The summed E-state index contributed by atoms with van der Waals surface area (Å²) in [6, 6.07) is 9.21. The number of fused-ring (bicyclic) bond motifs is 3. The van der Waals surface area contributed by atoms with Crippen molar-refractivity contribution in [2.45, 2.75) is 24.4 Å². The maximum atomic E-state index is 13.2. The number of hydrogen-bond acceptors (Lipinski definition) is 6. The molecule has 0 amide bonds. The minimum absolute atomic E-state index is 0.119. The fraction of sp³-hybridized carbons (Fsp3) is 0.235. The van der Waals surface area contributed by atoms with Gasteiger partial charge in [0.25, 0.3) is 5.56 Å². The highest BCUT2D eigenvalue weighted by molar-refractivity contribution is 7.99. The zero-order valence-electron chi connectivity index (χ0n) is 12.7. The van der Waals surface area contributed by atoms with Crippen LogP contribution in [0, 0.1) is 0 Å². The van der Waals surface area contributed by atoms with E-state index in [-0.39, 0.29) is 11.3 Å². The lowest BCUT2D eigenvalue weighted by molar-refractivity contribution is -0.301. The van der Waals surface area contributed by atoms with Gasteiger partial charge in [0.2, 0.25) is 0 Å². The van der Waals surface area contributed by atoms with Gasteiger partial charge in [0.05, 0.1) is 17.0 Å². The van der Waals surface area contributed by atoms with Crippen LogP contribution in [0.1, 0.15) is 16.9 Å². The van der Waals surface area contributed by atoms with Crippen LogP contribution in [0.3, 0.4) is 0 Å². The van der Waals surface area contributed by atoms with Gasteiger partial charge in [-0.15, -0.1) is 11.3 Å². The first kappa shape index (κ1) is 15.4. The van der Waals surface area contributed by atoms with E-state index in [9.17, 15) is 14.7 Å². The summed E-state index contributed by atoms with van der Waals surface area (Å²) in [7, 11) is 0. The van der Waals surface area contributed by atoms with Crippen LogP contribution in [-0.4, -0.2) is 21.3 Å². The standard InChI is InChI=1S/C17H14N2O3S2/c20-13(21)9-23-17-18-15-14(11-7-4-8-12(11)24-15)16(22)19(17)10-5-2-1-3-6-10/h1-3,5-6H,4,7-9H2,(H,20,21)/p-1. The maximum Gasteiger partial charge on any atom is 0.267 e. The summed E-state index contributed by atoms with van der Waals surface area (Å²) in [5, 5.41) is 11.9. The Labute approximate surface area is 146 Å². The summed E-state index contributed by atoms with van der Waals surface area (Å²) in [4.78, 5) is 30.5. The van der Waals surface area contributed by atoms with Gasteiger partial charge >= 0.3 is 0 Å². The lowest BCUT2D eigenvalue weighted by Gasteiger charge is -2.12. The average molecular weight is 357 g/mol. The molecule has 7 heteroatoms. The van der Waals surface area contributed by atoms with Gasteiger partial charge in [-0.05, 0) is 37.0 Å². The number of thioether (sulfide) groups is 1. The van der Waals surface area contributed by atoms with Crippen LogP contribution < -0.4 is 10.7 Å². The summed E-state index contributed by atoms with van der Waals surface area (Å²) in [6.45, 7) is 0. The van der Waals surface area contributed by atoms with Gasteiger partial charge < -0.3 is 9.90 Å². The van der Waals surface area contributed by atoms with Gasteiger partial charge in [-0.25, -0.2) is 4.98 Å². The molecular formula is C17H13N2O3S2-. The molecular weight excluding hydrogens is 344 g/mol. The third kappa shape index (κ3) is 2.53. The molecule has 2 heterocycles. The Bertz CT molecular complexity index is 992. The van der Waals surface area contributed by atoms with E-state index in [0.717, 1.165) is 36.6 Å². The second-order valence-corrected chi connectivity index (χ2v) is 7.59. The monoisotopic (exact) mass is 357 g/mol. The van der Waals surface area contributed by atoms with Crippen LogP contribution >= 0.6 is 23.1 Å². The fourth-order valence-electron chi connectivity index (χ4n) is 3.05. The second-order valence-electron chi connectivity index (χ2n) is 5.57. The first-order valence-corrected chi connectivity index (χ1v) is 9.40. The molecule has 2 aromatic heterocycles. The topological polar surface area (TPSA) is 75.0 Å². The van der Waals surface area contributed by atoms with Crippen molar-refractivity contribution in [1.82, 2.24) is 9.55 Å². The highest BCUT2D eigenvalue weighted by Crippen LogP contribution is 2.36. The molecule has 0 atom stereocenters. The smallest absolute Gasteiger partial charge is 0.267 e. The highest BCUT2D eigenvalue weighted by Gasteiger charge is 2.23.